The Morgan fingerprint density at radius 1 is 1.29 bits per heavy atom. The molecule has 1 aromatic carbocycles. The Labute approximate surface area is 169 Å². The molecule has 1 saturated heterocycles. The summed E-state index contributed by atoms with van der Waals surface area (Å²) in [7, 11) is 0. The maximum Gasteiger partial charge on any atom is 0.254 e. The molecule has 0 N–H and O–H groups in total. The van der Waals surface area contributed by atoms with Crippen LogP contribution in [0.5, 0.6) is 5.75 Å². The van der Waals surface area contributed by atoms with Crippen LogP contribution in [-0.4, -0.2) is 22.3 Å². The van der Waals surface area contributed by atoms with Crippen molar-refractivity contribution in [3.63, 3.8) is 0 Å². The average Bonchev–Trinajstić information content (AvgIpc) is 3.39. The van der Waals surface area contributed by atoms with Gasteiger partial charge in [0.1, 0.15) is 12.4 Å². The van der Waals surface area contributed by atoms with Crippen molar-refractivity contribution in [2.75, 3.05) is 6.54 Å². The van der Waals surface area contributed by atoms with Gasteiger partial charge in [0.05, 0.1) is 6.04 Å². The Bertz CT molecular complexity index is 931. The minimum atomic E-state index is 0.110. The Morgan fingerprint density at radius 3 is 2.79 bits per heavy atom. The van der Waals surface area contributed by atoms with Crippen LogP contribution in [0.1, 0.15) is 51.5 Å². The van der Waals surface area contributed by atoms with Crippen LogP contribution in [0.2, 0.25) is 0 Å². The molecular formula is C23H24N2O2S. The first-order valence-corrected chi connectivity index (χ1v) is 10.5. The molecule has 28 heavy (non-hydrogen) atoms. The fourth-order valence-corrected chi connectivity index (χ4v) is 4.63. The maximum atomic E-state index is 13.2. The van der Waals surface area contributed by atoms with E-state index in [0.717, 1.165) is 47.4 Å². The van der Waals surface area contributed by atoms with Gasteiger partial charge in [0, 0.05) is 30.1 Å². The normalized spacial score (nSPS) is 16.4. The lowest BCUT2D eigenvalue weighted by atomic mass is 10.0. The highest BCUT2D eigenvalue weighted by molar-refractivity contribution is 7.08. The first-order valence-electron chi connectivity index (χ1n) is 9.59. The van der Waals surface area contributed by atoms with E-state index in [-0.39, 0.29) is 11.9 Å². The SMILES string of the molecule is Cc1cc(C(=O)N2CCC[C@H]2c2ccsc2)cc(C)c1OCc1cccnc1. The molecule has 5 heteroatoms. The molecular weight excluding hydrogens is 368 g/mol. The van der Waals surface area contributed by atoms with Crippen LogP contribution in [0.4, 0.5) is 0 Å². The smallest absolute Gasteiger partial charge is 0.254 e. The van der Waals surface area contributed by atoms with Crippen LogP contribution in [0.15, 0.2) is 53.5 Å². The Hall–Kier alpha value is -2.66. The van der Waals surface area contributed by atoms with Gasteiger partial charge >= 0.3 is 0 Å². The summed E-state index contributed by atoms with van der Waals surface area (Å²) in [5.41, 5.74) is 4.99. The molecule has 2 aromatic heterocycles. The molecule has 1 aliphatic heterocycles. The number of amides is 1. The van der Waals surface area contributed by atoms with E-state index < -0.39 is 0 Å². The highest BCUT2D eigenvalue weighted by Gasteiger charge is 2.31. The summed E-state index contributed by atoms with van der Waals surface area (Å²) in [6, 6.07) is 10.1. The number of benzene rings is 1. The molecule has 1 aliphatic rings. The second kappa shape index (κ2) is 8.15. The number of carbonyl (C=O) groups excluding carboxylic acids is 1. The third kappa shape index (κ3) is 3.80. The van der Waals surface area contributed by atoms with Crippen LogP contribution in [-0.2, 0) is 6.61 Å². The minimum Gasteiger partial charge on any atom is -0.488 e. The van der Waals surface area contributed by atoms with E-state index in [4.69, 9.17) is 4.74 Å². The van der Waals surface area contributed by atoms with Gasteiger partial charge in [-0.25, -0.2) is 0 Å². The van der Waals surface area contributed by atoms with Crippen molar-refractivity contribution in [1.29, 1.82) is 0 Å². The zero-order chi connectivity index (χ0) is 19.5. The second-order valence-electron chi connectivity index (χ2n) is 7.30. The number of nitrogens with zero attached hydrogens (tertiary/aromatic N) is 2. The van der Waals surface area contributed by atoms with Crippen LogP contribution in [0.25, 0.3) is 0 Å². The summed E-state index contributed by atoms with van der Waals surface area (Å²) in [4.78, 5) is 19.4. The Morgan fingerprint density at radius 2 is 2.11 bits per heavy atom. The van der Waals surface area contributed by atoms with Crippen molar-refractivity contribution < 1.29 is 9.53 Å². The van der Waals surface area contributed by atoms with E-state index in [0.29, 0.717) is 6.61 Å². The fourth-order valence-electron chi connectivity index (χ4n) is 3.93. The third-order valence-electron chi connectivity index (χ3n) is 5.25. The van der Waals surface area contributed by atoms with Gasteiger partial charge in [0.2, 0.25) is 0 Å². The number of aromatic nitrogens is 1. The number of likely N-dealkylation sites (tertiary alicyclic amines) is 1. The standard InChI is InChI=1S/C23H24N2O2S/c1-16-11-20(12-17(2)22(16)27-14-18-5-3-8-24-13-18)23(26)25-9-4-6-21(25)19-7-10-28-15-19/h3,5,7-8,10-13,15,21H,4,6,9,14H2,1-2H3/t21-/m0/s1. The number of carbonyl (C=O) groups is 1. The highest BCUT2D eigenvalue weighted by Crippen LogP contribution is 2.35. The molecule has 1 amide bonds. The number of rotatable bonds is 5. The number of pyridine rings is 1. The molecule has 0 spiro atoms. The van der Waals surface area contributed by atoms with Gasteiger partial charge in [-0.3, -0.25) is 9.78 Å². The topological polar surface area (TPSA) is 42.4 Å². The quantitative estimate of drug-likeness (QED) is 0.590. The van der Waals surface area contributed by atoms with E-state index in [1.54, 1.807) is 23.7 Å². The van der Waals surface area contributed by atoms with E-state index >= 15 is 0 Å². The minimum absolute atomic E-state index is 0.110. The first kappa shape index (κ1) is 18.7. The summed E-state index contributed by atoms with van der Waals surface area (Å²) in [5, 5.41) is 4.24. The predicted octanol–water partition coefficient (Wildman–Crippen LogP) is 5.32. The monoisotopic (exact) mass is 392 g/mol. The molecule has 0 radical (unpaired) electrons. The first-order chi connectivity index (χ1) is 13.6. The Balaban J connectivity index is 1.53. The highest BCUT2D eigenvalue weighted by atomic mass is 32.1. The van der Waals surface area contributed by atoms with Gasteiger partial charge in [0.15, 0.2) is 0 Å². The predicted molar refractivity (Wildman–Crippen MR) is 112 cm³/mol. The van der Waals surface area contributed by atoms with Gasteiger partial charge in [-0.2, -0.15) is 11.3 Å². The molecule has 0 bridgehead atoms. The molecule has 3 aromatic rings. The zero-order valence-corrected chi connectivity index (χ0v) is 17.0. The summed E-state index contributed by atoms with van der Waals surface area (Å²) in [6.45, 7) is 5.29. The molecule has 4 nitrogen and oxygen atoms in total. The van der Waals surface area contributed by atoms with Crippen LogP contribution < -0.4 is 4.74 Å². The molecule has 0 saturated carbocycles. The molecule has 4 rings (SSSR count). The van der Waals surface area contributed by atoms with Gasteiger partial charge in [-0.1, -0.05) is 6.07 Å². The van der Waals surface area contributed by atoms with Crippen molar-refractivity contribution in [2.24, 2.45) is 0 Å². The molecule has 0 unspecified atom stereocenters. The lowest BCUT2D eigenvalue weighted by Gasteiger charge is -2.25. The molecule has 144 valence electrons. The van der Waals surface area contributed by atoms with Crippen molar-refractivity contribution in [3.8, 4) is 5.75 Å². The average molecular weight is 393 g/mol. The molecule has 1 atom stereocenters. The van der Waals surface area contributed by atoms with Gasteiger partial charge in [-0.15, -0.1) is 0 Å². The second-order valence-corrected chi connectivity index (χ2v) is 8.08. The van der Waals surface area contributed by atoms with Crippen LogP contribution in [0.3, 0.4) is 0 Å². The third-order valence-corrected chi connectivity index (χ3v) is 5.96. The van der Waals surface area contributed by atoms with Crippen LogP contribution in [0, 0.1) is 13.8 Å². The summed E-state index contributed by atoms with van der Waals surface area (Å²) in [5.74, 6) is 0.954. The van der Waals surface area contributed by atoms with E-state index in [2.05, 4.69) is 21.8 Å². The number of hydrogen-bond donors (Lipinski definition) is 0. The number of thiophene rings is 1. The number of aryl methyl sites for hydroxylation is 2. The van der Waals surface area contributed by atoms with Crippen molar-refractivity contribution in [3.05, 3.63) is 81.3 Å². The van der Waals surface area contributed by atoms with Gasteiger partial charge < -0.3 is 9.64 Å². The zero-order valence-electron chi connectivity index (χ0n) is 16.2. The fraction of sp³-hybridized carbons (Fsp3) is 0.304. The van der Waals surface area contributed by atoms with E-state index in [1.807, 2.05) is 43.0 Å². The van der Waals surface area contributed by atoms with Crippen molar-refractivity contribution in [2.45, 2.75) is 39.3 Å². The summed E-state index contributed by atoms with van der Waals surface area (Å²) < 4.78 is 6.03. The maximum absolute atomic E-state index is 13.2. The number of ether oxygens (including phenoxy) is 1. The van der Waals surface area contributed by atoms with Crippen molar-refractivity contribution >= 4 is 17.2 Å². The summed E-state index contributed by atoms with van der Waals surface area (Å²) >= 11 is 1.69. The largest absolute Gasteiger partial charge is 0.488 e. The lowest BCUT2D eigenvalue weighted by Crippen LogP contribution is -2.30. The van der Waals surface area contributed by atoms with Crippen LogP contribution >= 0.6 is 11.3 Å². The molecule has 3 heterocycles. The molecule has 1 fully saturated rings. The Kier molecular flexibility index (Phi) is 5.44. The van der Waals surface area contributed by atoms with Gasteiger partial charge in [0.25, 0.3) is 5.91 Å². The lowest BCUT2D eigenvalue weighted by molar-refractivity contribution is 0.0735. The van der Waals surface area contributed by atoms with Crippen molar-refractivity contribution in [1.82, 2.24) is 9.88 Å². The van der Waals surface area contributed by atoms with Gasteiger partial charge in [-0.05, 0) is 78.4 Å². The number of hydrogen-bond acceptors (Lipinski definition) is 4. The van der Waals surface area contributed by atoms with E-state index in [9.17, 15) is 4.79 Å². The summed E-state index contributed by atoms with van der Waals surface area (Å²) in [6.07, 6.45) is 5.64. The van der Waals surface area contributed by atoms with E-state index in [1.165, 1.54) is 5.56 Å². The molecule has 0 aliphatic carbocycles.